The summed E-state index contributed by atoms with van der Waals surface area (Å²) in [5.74, 6) is -0.0874. The molecule has 2 aromatic rings. The van der Waals surface area contributed by atoms with Crippen molar-refractivity contribution in [3.8, 4) is 6.07 Å². The lowest BCUT2D eigenvalue weighted by Crippen LogP contribution is -2.49. The quantitative estimate of drug-likeness (QED) is 0.780. The van der Waals surface area contributed by atoms with E-state index in [1.807, 2.05) is 4.90 Å². The zero-order valence-electron chi connectivity index (χ0n) is 14.4. The number of halogens is 1. The molecule has 0 spiro atoms. The van der Waals surface area contributed by atoms with Gasteiger partial charge in [-0.1, -0.05) is 17.7 Å². The lowest BCUT2D eigenvalue weighted by molar-refractivity contribution is 0.0746. The summed E-state index contributed by atoms with van der Waals surface area (Å²) in [4.78, 5) is 28.1. The van der Waals surface area contributed by atoms with E-state index in [9.17, 15) is 14.9 Å². The van der Waals surface area contributed by atoms with Gasteiger partial charge in [0, 0.05) is 42.3 Å². The number of carbonyl (C=O) groups excluding carboxylic acids is 2. The molecular weight excluding hydrogens is 350 g/mol. The van der Waals surface area contributed by atoms with Crippen LogP contribution in [0, 0.1) is 11.3 Å². The normalized spacial score (nSPS) is 14.0. The molecule has 0 bridgehead atoms. The van der Waals surface area contributed by atoms with Gasteiger partial charge in [0.25, 0.3) is 5.91 Å². The fourth-order valence-corrected chi connectivity index (χ4v) is 3.25. The Labute approximate surface area is 157 Å². The number of Topliss-reactive ketones (excluding diaryl/α,β-unsaturated/α-hetero) is 1. The van der Waals surface area contributed by atoms with Crippen LogP contribution < -0.4 is 4.90 Å². The van der Waals surface area contributed by atoms with Gasteiger partial charge in [0.1, 0.15) is 6.07 Å². The Morgan fingerprint density at radius 1 is 1.04 bits per heavy atom. The molecule has 0 aromatic heterocycles. The van der Waals surface area contributed by atoms with Gasteiger partial charge in [-0.3, -0.25) is 9.59 Å². The van der Waals surface area contributed by atoms with Gasteiger partial charge < -0.3 is 9.80 Å². The Bertz CT molecular complexity index is 896. The largest absolute Gasteiger partial charge is 0.367 e. The summed E-state index contributed by atoms with van der Waals surface area (Å²) >= 11 is 5.97. The molecule has 3 rings (SSSR count). The second kappa shape index (κ2) is 7.59. The first-order valence-corrected chi connectivity index (χ1v) is 8.72. The highest BCUT2D eigenvalue weighted by Crippen LogP contribution is 2.24. The van der Waals surface area contributed by atoms with Gasteiger partial charge in [-0.25, -0.2) is 0 Å². The number of nitrogens with zero attached hydrogens (tertiary/aromatic N) is 3. The summed E-state index contributed by atoms with van der Waals surface area (Å²) < 4.78 is 0. The molecule has 0 saturated carbocycles. The first-order valence-electron chi connectivity index (χ1n) is 8.34. The third-order valence-electron chi connectivity index (χ3n) is 4.50. The lowest BCUT2D eigenvalue weighted by atomic mass is 10.1. The molecule has 1 saturated heterocycles. The molecule has 1 amide bonds. The van der Waals surface area contributed by atoms with E-state index in [-0.39, 0.29) is 11.7 Å². The van der Waals surface area contributed by atoms with E-state index in [0.29, 0.717) is 47.9 Å². The molecule has 1 aliphatic heterocycles. The molecule has 5 nitrogen and oxygen atoms in total. The van der Waals surface area contributed by atoms with Gasteiger partial charge in [-0.05, 0) is 43.3 Å². The van der Waals surface area contributed by atoms with E-state index in [4.69, 9.17) is 11.6 Å². The third-order valence-corrected chi connectivity index (χ3v) is 4.74. The highest BCUT2D eigenvalue weighted by atomic mass is 35.5. The average Bonchev–Trinajstić information content (AvgIpc) is 2.67. The van der Waals surface area contributed by atoms with Crippen molar-refractivity contribution in [3.05, 3.63) is 64.2 Å². The molecule has 26 heavy (non-hydrogen) atoms. The number of ketones is 1. The van der Waals surface area contributed by atoms with Gasteiger partial charge in [0.15, 0.2) is 5.78 Å². The molecular formula is C20H18ClN3O2. The molecule has 1 heterocycles. The minimum absolute atomic E-state index is 0.0366. The first kappa shape index (κ1) is 18.0. The molecule has 0 radical (unpaired) electrons. The van der Waals surface area contributed by atoms with Crippen molar-refractivity contribution in [1.82, 2.24) is 4.90 Å². The summed E-state index contributed by atoms with van der Waals surface area (Å²) in [6.07, 6.45) is 0. The number of benzene rings is 2. The lowest BCUT2D eigenvalue weighted by Gasteiger charge is -2.36. The fourth-order valence-electron chi connectivity index (χ4n) is 3.06. The van der Waals surface area contributed by atoms with Crippen LogP contribution in [-0.4, -0.2) is 42.8 Å². The van der Waals surface area contributed by atoms with Gasteiger partial charge in [0.05, 0.1) is 11.3 Å². The molecule has 2 aromatic carbocycles. The smallest absolute Gasteiger partial charge is 0.254 e. The molecule has 0 aliphatic carbocycles. The summed E-state index contributed by atoms with van der Waals surface area (Å²) in [7, 11) is 0. The fraction of sp³-hybridized carbons (Fsp3) is 0.250. The zero-order valence-corrected chi connectivity index (χ0v) is 15.2. The zero-order chi connectivity index (χ0) is 18.7. The minimum Gasteiger partial charge on any atom is -0.367 e. The number of nitriles is 1. The van der Waals surface area contributed by atoms with Gasteiger partial charge in [-0.15, -0.1) is 0 Å². The van der Waals surface area contributed by atoms with Crippen LogP contribution in [0.5, 0.6) is 0 Å². The molecule has 0 N–H and O–H groups in total. The molecule has 132 valence electrons. The molecule has 1 fully saturated rings. The maximum absolute atomic E-state index is 12.6. The number of carbonyl (C=O) groups is 2. The summed E-state index contributed by atoms with van der Waals surface area (Å²) in [5.41, 5.74) is 2.43. The van der Waals surface area contributed by atoms with Crippen LogP contribution in [0.1, 0.15) is 33.2 Å². The summed E-state index contributed by atoms with van der Waals surface area (Å²) in [5, 5.41) is 9.89. The van der Waals surface area contributed by atoms with E-state index in [1.54, 1.807) is 47.4 Å². The Morgan fingerprint density at radius 3 is 2.38 bits per heavy atom. The number of piperazine rings is 1. The maximum atomic E-state index is 12.6. The van der Waals surface area contributed by atoms with E-state index in [2.05, 4.69) is 6.07 Å². The predicted molar refractivity (Wildman–Crippen MR) is 101 cm³/mol. The van der Waals surface area contributed by atoms with Gasteiger partial charge in [0.2, 0.25) is 0 Å². The van der Waals surface area contributed by atoms with Crippen molar-refractivity contribution >= 4 is 29.0 Å². The number of hydrogen-bond acceptors (Lipinski definition) is 4. The number of hydrogen-bond donors (Lipinski definition) is 0. The molecule has 6 heteroatoms. The number of rotatable bonds is 3. The van der Waals surface area contributed by atoms with Crippen LogP contribution in [-0.2, 0) is 0 Å². The van der Waals surface area contributed by atoms with Gasteiger partial charge in [-0.2, -0.15) is 5.26 Å². The second-order valence-electron chi connectivity index (χ2n) is 6.19. The van der Waals surface area contributed by atoms with Crippen molar-refractivity contribution in [2.24, 2.45) is 0 Å². The second-order valence-corrected chi connectivity index (χ2v) is 6.63. The SMILES string of the molecule is CC(=O)c1ccc(C#N)c(N2CCN(C(=O)c3cccc(Cl)c3)CC2)c1. The van der Waals surface area contributed by atoms with Crippen molar-refractivity contribution in [2.45, 2.75) is 6.92 Å². The summed E-state index contributed by atoms with van der Waals surface area (Å²) in [6.45, 7) is 3.79. The number of anilines is 1. The Kier molecular flexibility index (Phi) is 5.24. The van der Waals surface area contributed by atoms with Crippen LogP contribution >= 0.6 is 11.6 Å². The molecule has 1 aliphatic rings. The highest BCUT2D eigenvalue weighted by Gasteiger charge is 2.24. The Hall–Kier alpha value is -2.84. The van der Waals surface area contributed by atoms with Crippen molar-refractivity contribution in [1.29, 1.82) is 5.26 Å². The first-order chi connectivity index (χ1) is 12.5. The van der Waals surface area contributed by atoms with E-state index >= 15 is 0 Å². The number of amides is 1. The molecule has 0 atom stereocenters. The van der Waals surface area contributed by atoms with Crippen molar-refractivity contribution in [2.75, 3.05) is 31.1 Å². The van der Waals surface area contributed by atoms with E-state index in [0.717, 1.165) is 5.69 Å². The highest BCUT2D eigenvalue weighted by molar-refractivity contribution is 6.30. The Balaban J connectivity index is 1.75. The van der Waals surface area contributed by atoms with Crippen LogP contribution in [0.3, 0.4) is 0 Å². The monoisotopic (exact) mass is 367 g/mol. The third kappa shape index (κ3) is 3.71. The minimum atomic E-state index is -0.0508. The van der Waals surface area contributed by atoms with Crippen LogP contribution in [0.4, 0.5) is 5.69 Å². The van der Waals surface area contributed by atoms with Crippen molar-refractivity contribution in [3.63, 3.8) is 0 Å². The topological polar surface area (TPSA) is 64.4 Å². The Morgan fingerprint density at radius 2 is 1.77 bits per heavy atom. The van der Waals surface area contributed by atoms with E-state index in [1.165, 1.54) is 6.92 Å². The summed E-state index contributed by atoms with van der Waals surface area (Å²) in [6, 6.07) is 14.2. The van der Waals surface area contributed by atoms with Crippen LogP contribution in [0.15, 0.2) is 42.5 Å². The van der Waals surface area contributed by atoms with Crippen molar-refractivity contribution < 1.29 is 9.59 Å². The average molecular weight is 368 g/mol. The van der Waals surface area contributed by atoms with Crippen LogP contribution in [0.2, 0.25) is 5.02 Å². The predicted octanol–water partition coefficient (Wildman–Crippen LogP) is 3.38. The standard InChI is InChI=1S/C20H18ClN3O2/c1-14(25)15-5-6-17(13-22)19(12-15)23-7-9-24(10-8-23)20(26)16-3-2-4-18(21)11-16/h2-6,11-12H,7-10H2,1H3. The van der Waals surface area contributed by atoms with Gasteiger partial charge >= 0.3 is 0 Å². The van der Waals surface area contributed by atoms with Crippen LogP contribution in [0.25, 0.3) is 0 Å². The molecule has 0 unspecified atom stereocenters. The van der Waals surface area contributed by atoms with E-state index < -0.39 is 0 Å². The maximum Gasteiger partial charge on any atom is 0.254 e.